The van der Waals surface area contributed by atoms with E-state index >= 15 is 0 Å². The lowest BCUT2D eigenvalue weighted by molar-refractivity contribution is -0.121. The van der Waals surface area contributed by atoms with Gasteiger partial charge in [0.05, 0.1) is 7.11 Å². The Hall–Kier alpha value is -0.840. The predicted molar refractivity (Wildman–Crippen MR) is 111 cm³/mol. The zero-order chi connectivity index (χ0) is 19.4. The fourth-order valence-electron chi connectivity index (χ4n) is 2.53. The second kappa shape index (κ2) is 12.5. The molecule has 1 amide bonds. The molecule has 26 heavy (non-hydrogen) atoms. The van der Waals surface area contributed by atoms with Gasteiger partial charge in [-0.3, -0.25) is 4.79 Å². The summed E-state index contributed by atoms with van der Waals surface area (Å²) < 4.78 is 3.45. The molecule has 0 radical (unpaired) electrons. The summed E-state index contributed by atoms with van der Waals surface area (Å²) in [5.41, 5.74) is 0.721. The molecule has 1 rings (SSSR count). The predicted octanol–water partition coefficient (Wildman–Crippen LogP) is 6.06. The maximum atomic E-state index is 12.2. The van der Waals surface area contributed by atoms with Crippen molar-refractivity contribution in [3.8, 4) is 5.75 Å². The van der Waals surface area contributed by atoms with E-state index in [0.717, 1.165) is 30.7 Å². The van der Waals surface area contributed by atoms with Crippen molar-refractivity contribution < 1.29 is 9.53 Å². The first-order valence-corrected chi connectivity index (χ1v) is 10.3. The number of halogens is 3. The highest BCUT2D eigenvalue weighted by Crippen LogP contribution is 2.31. The third-order valence-corrected chi connectivity index (χ3v) is 4.70. The maximum absolute atomic E-state index is 12.2. The van der Waals surface area contributed by atoms with Gasteiger partial charge in [-0.25, -0.2) is 0 Å². The van der Waals surface area contributed by atoms with E-state index in [2.05, 4.69) is 17.6 Å². The molecule has 1 aromatic rings. The normalized spacial score (nSPS) is 12.5. The molecule has 0 saturated carbocycles. The number of nitrogens with one attached hydrogen (secondary N) is 2. The minimum Gasteiger partial charge on any atom is -0.497 e. The van der Waals surface area contributed by atoms with Crippen molar-refractivity contribution in [2.75, 3.05) is 12.4 Å². The Bertz CT molecular complexity index is 519. The molecule has 4 nitrogen and oxygen atoms in total. The molecule has 0 aliphatic carbocycles. The first kappa shape index (κ1) is 23.2. The number of carbonyl (C=O) groups excluding carboxylic acids is 1. The van der Waals surface area contributed by atoms with Crippen LogP contribution in [-0.4, -0.2) is 23.0 Å². The van der Waals surface area contributed by atoms with E-state index < -0.39 is 9.96 Å². The number of amides is 1. The van der Waals surface area contributed by atoms with Crippen molar-refractivity contribution in [3.05, 3.63) is 24.3 Å². The molecule has 7 heteroatoms. The number of ether oxygens (including phenoxy) is 1. The van der Waals surface area contributed by atoms with Gasteiger partial charge in [0.1, 0.15) is 11.9 Å². The Morgan fingerprint density at radius 3 is 2.15 bits per heavy atom. The lowest BCUT2D eigenvalue weighted by Gasteiger charge is -2.27. The molecule has 0 bridgehead atoms. The molecule has 1 aromatic carbocycles. The van der Waals surface area contributed by atoms with Gasteiger partial charge in [0.15, 0.2) is 0 Å². The molecule has 0 aromatic heterocycles. The van der Waals surface area contributed by atoms with Crippen molar-refractivity contribution in [2.24, 2.45) is 0 Å². The van der Waals surface area contributed by atoms with E-state index in [9.17, 15) is 4.79 Å². The lowest BCUT2D eigenvalue weighted by Crippen LogP contribution is -2.49. The topological polar surface area (TPSA) is 50.4 Å². The molecule has 0 unspecified atom stereocenters. The van der Waals surface area contributed by atoms with Crippen molar-refractivity contribution >= 4 is 46.4 Å². The van der Waals surface area contributed by atoms with Gasteiger partial charge in [-0.1, -0.05) is 80.3 Å². The van der Waals surface area contributed by atoms with Crippen LogP contribution in [0.25, 0.3) is 0 Å². The van der Waals surface area contributed by atoms with Crippen LogP contribution in [0.1, 0.15) is 58.3 Å². The van der Waals surface area contributed by atoms with Crippen LogP contribution in [0.15, 0.2) is 24.3 Å². The summed E-state index contributed by atoms with van der Waals surface area (Å²) in [6.45, 7) is 2.20. The van der Waals surface area contributed by atoms with Gasteiger partial charge in [0.2, 0.25) is 9.70 Å². The first-order chi connectivity index (χ1) is 12.4. The van der Waals surface area contributed by atoms with E-state index in [-0.39, 0.29) is 5.91 Å². The van der Waals surface area contributed by atoms with E-state index in [4.69, 9.17) is 39.5 Å². The third kappa shape index (κ3) is 9.75. The zero-order valence-electron chi connectivity index (χ0n) is 15.5. The summed E-state index contributed by atoms with van der Waals surface area (Å²) in [6, 6.07) is 7.17. The van der Waals surface area contributed by atoms with Gasteiger partial charge in [-0.2, -0.15) is 0 Å². The van der Waals surface area contributed by atoms with Crippen LogP contribution < -0.4 is 15.4 Å². The Morgan fingerprint density at radius 2 is 1.62 bits per heavy atom. The second-order valence-corrected chi connectivity index (χ2v) is 8.66. The lowest BCUT2D eigenvalue weighted by atomic mass is 10.1. The van der Waals surface area contributed by atoms with Crippen LogP contribution in [0.2, 0.25) is 0 Å². The molecular formula is C19H29Cl3N2O2. The van der Waals surface area contributed by atoms with Crippen LogP contribution in [0, 0.1) is 0 Å². The molecular weight excluding hydrogens is 395 g/mol. The van der Waals surface area contributed by atoms with Crippen molar-refractivity contribution in [1.82, 2.24) is 5.32 Å². The van der Waals surface area contributed by atoms with Crippen molar-refractivity contribution in [3.63, 3.8) is 0 Å². The quantitative estimate of drug-likeness (QED) is 0.244. The van der Waals surface area contributed by atoms with Gasteiger partial charge in [0, 0.05) is 12.1 Å². The summed E-state index contributed by atoms with van der Waals surface area (Å²) in [6.07, 6.45) is 7.66. The highest BCUT2D eigenvalue weighted by molar-refractivity contribution is 6.68. The van der Waals surface area contributed by atoms with Crippen molar-refractivity contribution in [2.45, 2.75) is 68.2 Å². The van der Waals surface area contributed by atoms with E-state index in [1.54, 1.807) is 31.4 Å². The summed E-state index contributed by atoms with van der Waals surface area (Å²) in [7, 11) is 1.59. The van der Waals surface area contributed by atoms with Gasteiger partial charge >= 0.3 is 0 Å². The smallest absolute Gasteiger partial charge is 0.228 e. The molecule has 0 spiro atoms. The van der Waals surface area contributed by atoms with Gasteiger partial charge in [-0.05, 0) is 30.7 Å². The number of rotatable bonds is 12. The highest BCUT2D eigenvalue weighted by Gasteiger charge is 2.33. The molecule has 0 aliphatic rings. The van der Waals surface area contributed by atoms with Crippen LogP contribution in [-0.2, 0) is 4.79 Å². The number of unbranched alkanes of at least 4 members (excludes halogenated alkanes) is 6. The standard InChI is InChI=1S/C19H29Cl3N2O2/c1-3-4-5-6-7-8-9-10-17(25)24-18(19(20,21)22)23-15-11-13-16(26-2)14-12-15/h11-14,18,23H,3-10H2,1-2H3,(H,24,25)/t18-/m1/s1. The van der Waals surface area contributed by atoms with E-state index in [1.165, 1.54) is 25.7 Å². The summed E-state index contributed by atoms with van der Waals surface area (Å²) in [4.78, 5) is 12.2. The van der Waals surface area contributed by atoms with Crippen LogP contribution >= 0.6 is 34.8 Å². The molecule has 2 N–H and O–H groups in total. The Balaban J connectivity index is 2.42. The molecule has 0 heterocycles. The average molecular weight is 424 g/mol. The Morgan fingerprint density at radius 1 is 1.04 bits per heavy atom. The first-order valence-electron chi connectivity index (χ1n) is 9.13. The average Bonchev–Trinajstić information content (AvgIpc) is 2.60. The number of hydrogen-bond donors (Lipinski definition) is 2. The van der Waals surface area contributed by atoms with Gasteiger partial charge in [0.25, 0.3) is 0 Å². The number of methoxy groups -OCH3 is 1. The Labute approximate surface area is 171 Å². The fourth-order valence-corrected chi connectivity index (χ4v) is 2.86. The minimum atomic E-state index is -1.67. The third-order valence-electron chi connectivity index (χ3n) is 4.04. The fraction of sp³-hybridized carbons (Fsp3) is 0.632. The molecule has 0 saturated heterocycles. The maximum Gasteiger partial charge on any atom is 0.228 e. The van der Waals surface area contributed by atoms with E-state index in [1.807, 2.05) is 0 Å². The second-order valence-electron chi connectivity index (χ2n) is 6.29. The number of anilines is 1. The van der Waals surface area contributed by atoms with E-state index in [0.29, 0.717) is 6.42 Å². The molecule has 148 valence electrons. The zero-order valence-corrected chi connectivity index (χ0v) is 17.8. The summed E-state index contributed by atoms with van der Waals surface area (Å²) in [5, 5.41) is 5.81. The minimum absolute atomic E-state index is 0.129. The monoisotopic (exact) mass is 422 g/mol. The Kier molecular flexibility index (Phi) is 11.2. The number of alkyl halides is 3. The highest BCUT2D eigenvalue weighted by atomic mass is 35.6. The van der Waals surface area contributed by atoms with Crippen LogP contribution in [0.5, 0.6) is 5.75 Å². The van der Waals surface area contributed by atoms with Gasteiger partial charge < -0.3 is 15.4 Å². The number of benzene rings is 1. The molecule has 1 atom stereocenters. The van der Waals surface area contributed by atoms with Gasteiger partial charge in [-0.15, -0.1) is 0 Å². The summed E-state index contributed by atoms with van der Waals surface area (Å²) >= 11 is 18.0. The van der Waals surface area contributed by atoms with Crippen molar-refractivity contribution in [1.29, 1.82) is 0 Å². The van der Waals surface area contributed by atoms with Crippen LogP contribution in [0.3, 0.4) is 0 Å². The number of carbonyl (C=O) groups is 1. The largest absolute Gasteiger partial charge is 0.497 e. The van der Waals surface area contributed by atoms with Crippen LogP contribution in [0.4, 0.5) is 5.69 Å². The number of hydrogen-bond acceptors (Lipinski definition) is 3. The molecule has 0 aliphatic heterocycles. The molecule has 0 fully saturated rings. The SMILES string of the molecule is CCCCCCCCCC(=O)N[C@@H](Nc1ccc(OC)cc1)C(Cl)(Cl)Cl. The summed E-state index contributed by atoms with van der Waals surface area (Å²) in [5.74, 6) is 0.597.